The number of likely N-dealkylation sites (tertiary alicyclic amines) is 1. The molecule has 5 heteroatoms. The van der Waals surface area contributed by atoms with Gasteiger partial charge in [-0.25, -0.2) is 0 Å². The van der Waals surface area contributed by atoms with Gasteiger partial charge in [0.1, 0.15) is 0 Å². The van der Waals surface area contributed by atoms with Gasteiger partial charge in [-0.15, -0.1) is 0 Å². The Morgan fingerprint density at radius 1 is 1.07 bits per heavy atom. The second-order valence-electron chi connectivity index (χ2n) is 8.31. The molecule has 1 aromatic rings. The van der Waals surface area contributed by atoms with Crippen LogP contribution in [0.1, 0.15) is 43.5 Å². The number of benzene rings is 1. The highest BCUT2D eigenvalue weighted by atomic mass is 16.5. The second-order valence-corrected chi connectivity index (χ2v) is 8.31. The minimum absolute atomic E-state index is 0.0312. The van der Waals surface area contributed by atoms with E-state index < -0.39 is 0 Å². The number of ether oxygens (including phenoxy) is 1. The Kier molecular flexibility index (Phi) is 7.53. The third kappa shape index (κ3) is 6.22. The Hall–Kier alpha value is -1.59. The molecule has 27 heavy (non-hydrogen) atoms. The van der Waals surface area contributed by atoms with Crippen molar-refractivity contribution in [1.29, 1.82) is 0 Å². The number of nitrogens with one attached hydrogen (secondary N) is 1. The van der Waals surface area contributed by atoms with E-state index in [4.69, 9.17) is 4.74 Å². The fourth-order valence-electron chi connectivity index (χ4n) is 4.38. The number of hydrogen-bond acceptors (Lipinski definition) is 4. The Bertz CT molecular complexity index is 574. The van der Waals surface area contributed by atoms with Crippen LogP contribution < -0.4 is 10.2 Å². The maximum atomic E-state index is 12.3. The minimum atomic E-state index is 0.0312. The van der Waals surface area contributed by atoms with Crippen LogP contribution in [0, 0.1) is 11.8 Å². The number of morpholine rings is 1. The van der Waals surface area contributed by atoms with E-state index in [1.165, 1.54) is 25.2 Å². The van der Waals surface area contributed by atoms with Crippen molar-refractivity contribution in [3.63, 3.8) is 0 Å². The van der Waals surface area contributed by atoms with E-state index in [1.54, 1.807) is 0 Å². The third-order valence-corrected chi connectivity index (χ3v) is 5.64. The summed E-state index contributed by atoms with van der Waals surface area (Å²) in [6, 6.07) is 7.94. The van der Waals surface area contributed by atoms with Crippen molar-refractivity contribution in [2.75, 3.05) is 57.4 Å². The molecule has 0 radical (unpaired) electrons. The van der Waals surface area contributed by atoms with E-state index in [0.717, 1.165) is 69.6 Å². The number of hydrogen-bond donors (Lipinski definition) is 1. The van der Waals surface area contributed by atoms with Crippen LogP contribution in [0.4, 0.5) is 5.69 Å². The quantitative estimate of drug-likeness (QED) is 0.746. The molecule has 2 atom stereocenters. The molecule has 1 N–H and O–H groups in total. The van der Waals surface area contributed by atoms with Crippen LogP contribution in [0.25, 0.3) is 0 Å². The molecule has 2 fully saturated rings. The van der Waals surface area contributed by atoms with Gasteiger partial charge in [0.05, 0.1) is 13.2 Å². The van der Waals surface area contributed by atoms with Gasteiger partial charge >= 0.3 is 0 Å². The molecule has 2 unspecified atom stereocenters. The number of amides is 1. The summed E-state index contributed by atoms with van der Waals surface area (Å²) in [5.74, 6) is 1.66. The highest BCUT2D eigenvalue weighted by Gasteiger charge is 2.21. The lowest BCUT2D eigenvalue weighted by atomic mass is 9.92. The molecule has 150 valence electrons. The molecule has 3 rings (SSSR count). The first-order valence-corrected chi connectivity index (χ1v) is 10.5. The summed E-state index contributed by atoms with van der Waals surface area (Å²) in [5.41, 5.74) is 1.91. The van der Waals surface area contributed by atoms with E-state index in [2.05, 4.69) is 29.0 Å². The summed E-state index contributed by atoms with van der Waals surface area (Å²) < 4.78 is 5.39. The number of anilines is 1. The van der Waals surface area contributed by atoms with Gasteiger partial charge in [0.25, 0.3) is 5.91 Å². The van der Waals surface area contributed by atoms with E-state index in [-0.39, 0.29) is 5.91 Å². The molecule has 5 nitrogen and oxygen atoms in total. The van der Waals surface area contributed by atoms with Crippen molar-refractivity contribution in [2.45, 2.75) is 33.1 Å². The first-order valence-electron chi connectivity index (χ1n) is 10.5. The minimum Gasteiger partial charge on any atom is -0.378 e. The Morgan fingerprint density at radius 3 is 2.41 bits per heavy atom. The zero-order valence-corrected chi connectivity index (χ0v) is 17.0. The van der Waals surface area contributed by atoms with Crippen molar-refractivity contribution in [3.05, 3.63) is 29.8 Å². The lowest BCUT2D eigenvalue weighted by Crippen LogP contribution is -2.39. The molecule has 0 aliphatic carbocycles. The topological polar surface area (TPSA) is 44.8 Å². The standard InChI is InChI=1S/C22H35N3O2/c1-18-15-19(2)17-24(16-18)10-4-3-9-23-22(26)20-5-7-21(8-6-20)25-11-13-27-14-12-25/h5-8,18-19H,3-4,9-17H2,1-2H3,(H,23,26). The van der Waals surface area contributed by atoms with Crippen LogP contribution in [0.5, 0.6) is 0 Å². The number of nitrogens with zero attached hydrogens (tertiary/aromatic N) is 2. The smallest absolute Gasteiger partial charge is 0.251 e. The van der Waals surface area contributed by atoms with Crippen molar-refractivity contribution in [3.8, 4) is 0 Å². The first kappa shape index (κ1) is 20.2. The molecule has 2 saturated heterocycles. The Morgan fingerprint density at radius 2 is 1.74 bits per heavy atom. The molecule has 0 saturated carbocycles. The molecular formula is C22H35N3O2. The van der Waals surface area contributed by atoms with Crippen LogP contribution in [0.2, 0.25) is 0 Å². The van der Waals surface area contributed by atoms with Gasteiger partial charge in [0.2, 0.25) is 0 Å². The Labute approximate surface area is 164 Å². The van der Waals surface area contributed by atoms with Crippen LogP contribution >= 0.6 is 0 Å². The zero-order valence-electron chi connectivity index (χ0n) is 17.0. The van der Waals surface area contributed by atoms with Crippen molar-refractivity contribution >= 4 is 11.6 Å². The molecule has 0 spiro atoms. The van der Waals surface area contributed by atoms with Crippen LogP contribution in [-0.2, 0) is 4.74 Å². The second kappa shape index (κ2) is 10.1. The predicted octanol–water partition coefficient (Wildman–Crippen LogP) is 3.01. The van der Waals surface area contributed by atoms with Gasteiger partial charge in [-0.1, -0.05) is 13.8 Å². The predicted molar refractivity (Wildman–Crippen MR) is 110 cm³/mol. The van der Waals surface area contributed by atoms with Gasteiger partial charge in [-0.2, -0.15) is 0 Å². The normalized spacial score (nSPS) is 24.0. The first-order chi connectivity index (χ1) is 13.1. The summed E-state index contributed by atoms with van der Waals surface area (Å²) in [4.78, 5) is 17.2. The van der Waals surface area contributed by atoms with Crippen LogP contribution in [0.15, 0.2) is 24.3 Å². The zero-order chi connectivity index (χ0) is 19.1. The molecule has 0 bridgehead atoms. The van der Waals surface area contributed by atoms with Gasteiger partial charge in [0.15, 0.2) is 0 Å². The number of carbonyl (C=O) groups is 1. The molecule has 2 aliphatic heterocycles. The van der Waals surface area contributed by atoms with Crippen LogP contribution in [-0.4, -0.2) is 63.3 Å². The van der Waals surface area contributed by atoms with Crippen LogP contribution in [0.3, 0.4) is 0 Å². The molecule has 2 heterocycles. The Balaban J connectivity index is 1.34. The van der Waals surface area contributed by atoms with E-state index in [1.807, 2.05) is 24.3 Å². The van der Waals surface area contributed by atoms with Crippen molar-refractivity contribution in [2.24, 2.45) is 11.8 Å². The third-order valence-electron chi connectivity index (χ3n) is 5.64. The molecule has 1 aromatic carbocycles. The van der Waals surface area contributed by atoms with E-state index in [0.29, 0.717) is 0 Å². The summed E-state index contributed by atoms with van der Waals surface area (Å²) in [6.45, 7) is 12.5. The number of unbranched alkanes of at least 4 members (excludes halogenated alkanes) is 1. The maximum absolute atomic E-state index is 12.3. The maximum Gasteiger partial charge on any atom is 0.251 e. The summed E-state index contributed by atoms with van der Waals surface area (Å²) >= 11 is 0. The SMILES string of the molecule is CC1CC(C)CN(CCCCNC(=O)c2ccc(N3CCOCC3)cc2)C1. The van der Waals surface area contributed by atoms with Crippen molar-refractivity contribution < 1.29 is 9.53 Å². The lowest BCUT2D eigenvalue weighted by Gasteiger charge is -2.34. The van der Waals surface area contributed by atoms with Crippen molar-refractivity contribution in [1.82, 2.24) is 10.2 Å². The number of piperidine rings is 1. The van der Waals surface area contributed by atoms with Gasteiger partial charge in [0, 0.05) is 44.0 Å². The summed E-state index contributed by atoms with van der Waals surface area (Å²) in [6.07, 6.45) is 3.55. The molecule has 2 aliphatic rings. The molecular weight excluding hydrogens is 338 g/mol. The fraction of sp³-hybridized carbons (Fsp3) is 0.682. The monoisotopic (exact) mass is 373 g/mol. The van der Waals surface area contributed by atoms with E-state index in [9.17, 15) is 4.79 Å². The van der Waals surface area contributed by atoms with Gasteiger partial charge in [-0.3, -0.25) is 4.79 Å². The lowest BCUT2D eigenvalue weighted by molar-refractivity contribution is 0.0951. The number of rotatable bonds is 7. The highest BCUT2D eigenvalue weighted by molar-refractivity contribution is 5.94. The molecule has 0 aromatic heterocycles. The summed E-state index contributed by atoms with van der Waals surface area (Å²) in [5, 5.41) is 3.06. The number of carbonyl (C=O) groups excluding carboxylic acids is 1. The average Bonchev–Trinajstić information content (AvgIpc) is 2.68. The largest absolute Gasteiger partial charge is 0.378 e. The van der Waals surface area contributed by atoms with Gasteiger partial charge < -0.3 is 19.9 Å². The van der Waals surface area contributed by atoms with Gasteiger partial charge in [-0.05, 0) is 61.9 Å². The molecule has 1 amide bonds. The highest BCUT2D eigenvalue weighted by Crippen LogP contribution is 2.21. The average molecular weight is 374 g/mol. The van der Waals surface area contributed by atoms with E-state index >= 15 is 0 Å². The fourth-order valence-corrected chi connectivity index (χ4v) is 4.38. The summed E-state index contributed by atoms with van der Waals surface area (Å²) in [7, 11) is 0.